The van der Waals surface area contributed by atoms with Crippen molar-refractivity contribution in [3.8, 4) is 11.3 Å². The molecule has 0 saturated heterocycles. The highest BCUT2D eigenvalue weighted by atomic mass is 16.2. The van der Waals surface area contributed by atoms with Crippen LogP contribution in [0.5, 0.6) is 0 Å². The van der Waals surface area contributed by atoms with Crippen LogP contribution in [-0.2, 0) is 9.59 Å². The molecule has 2 aromatic rings. The van der Waals surface area contributed by atoms with Gasteiger partial charge in [-0.15, -0.1) is 0 Å². The Labute approximate surface area is 128 Å². The first-order valence-corrected chi connectivity index (χ1v) is 6.78. The van der Waals surface area contributed by atoms with Gasteiger partial charge < -0.3 is 4.90 Å². The van der Waals surface area contributed by atoms with Crippen LogP contribution in [0.15, 0.2) is 47.3 Å². The molecule has 6 heteroatoms. The maximum Gasteiger partial charge on any atom is 0.267 e. The summed E-state index contributed by atoms with van der Waals surface area (Å²) in [6, 6.07) is 10.9. The van der Waals surface area contributed by atoms with Crippen molar-refractivity contribution in [2.24, 2.45) is 0 Å². The van der Waals surface area contributed by atoms with E-state index < -0.39 is 23.3 Å². The number of aromatic nitrogens is 2. The van der Waals surface area contributed by atoms with Crippen molar-refractivity contribution < 1.29 is 9.59 Å². The molecule has 0 aliphatic carbocycles. The lowest BCUT2D eigenvalue weighted by Crippen LogP contribution is -2.41. The van der Waals surface area contributed by atoms with Gasteiger partial charge >= 0.3 is 0 Å². The minimum absolute atomic E-state index is 0.432. The summed E-state index contributed by atoms with van der Waals surface area (Å²) in [7, 11) is 3.06. The zero-order valence-electron chi connectivity index (χ0n) is 12.7. The number of likely N-dealkylation sites (N-methyl/N-ethyl adjacent to an activating group) is 1. The van der Waals surface area contributed by atoms with E-state index in [-0.39, 0.29) is 0 Å². The summed E-state index contributed by atoms with van der Waals surface area (Å²) >= 11 is 0. The first-order chi connectivity index (χ1) is 10.4. The Hall–Kier alpha value is -2.76. The van der Waals surface area contributed by atoms with Crippen LogP contribution in [0.3, 0.4) is 0 Å². The predicted molar refractivity (Wildman–Crippen MR) is 82.3 cm³/mol. The summed E-state index contributed by atoms with van der Waals surface area (Å²) in [5.41, 5.74) is 0.837. The summed E-state index contributed by atoms with van der Waals surface area (Å²) in [4.78, 5) is 37.4. The molecule has 1 heterocycles. The minimum atomic E-state index is -1.24. The van der Waals surface area contributed by atoms with Gasteiger partial charge in [-0.2, -0.15) is 5.10 Å². The highest BCUT2D eigenvalue weighted by Crippen LogP contribution is 2.16. The van der Waals surface area contributed by atoms with Gasteiger partial charge in [0.25, 0.3) is 11.5 Å². The number of carbonyl (C=O) groups is 2. The molecule has 2 rings (SSSR count). The van der Waals surface area contributed by atoms with Crippen LogP contribution in [0.4, 0.5) is 0 Å². The summed E-state index contributed by atoms with van der Waals surface area (Å²) in [6.07, 6.45) is 0. The first kappa shape index (κ1) is 15.6. The number of rotatable bonds is 4. The average Bonchev–Trinajstić information content (AvgIpc) is 2.49. The lowest BCUT2D eigenvalue weighted by molar-refractivity contribution is -0.138. The van der Waals surface area contributed by atoms with E-state index in [4.69, 9.17) is 0 Å². The van der Waals surface area contributed by atoms with Gasteiger partial charge in [-0.3, -0.25) is 14.4 Å². The predicted octanol–water partition coefficient (Wildman–Crippen LogP) is 1.13. The quantitative estimate of drug-likeness (QED) is 0.793. The normalized spacial score (nSPS) is 11.8. The summed E-state index contributed by atoms with van der Waals surface area (Å²) in [6.45, 7) is 1.27. The van der Waals surface area contributed by atoms with E-state index in [1.165, 1.54) is 32.0 Å². The minimum Gasteiger partial charge on any atom is -0.347 e. The second-order valence-corrected chi connectivity index (χ2v) is 5.11. The van der Waals surface area contributed by atoms with Crippen LogP contribution >= 0.6 is 0 Å². The Bertz CT molecular complexity index is 751. The van der Waals surface area contributed by atoms with Crippen molar-refractivity contribution in [1.29, 1.82) is 0 Å². The van der Waals surface area contributed by atoms with Crippen LogP contribution in [0, 0.1) is 0 Å². The Morgan fingerprint density at radius 3 is 2.27 bits per heavy atom. The molecule has 0 bridgehead atoms. The van der Waals surface area contributed by atoms with Gasteiger partial charge in [0.1, 0.15) is 0 Å². The van der Waals surface area contributed by atoms with Crippen molar-refractivity contribution in [2.45, 2.75) is 13.0 Å². The highest BCUT2D eigenvalue weighted by molar-refractivity contribution is 6.02. The Kier molecular flexibility index (Phi) is 4.50. The molecule has 0 aliphatic heterocycles. The number of hydrogen-bond acceptors (Lipinski definition) is 4. The molecule has 114 valence electrons. The van der Waals surface area contributed by atoms with Crippen LogP contribution in [0.2, 0.25) is 0 Å². The monoisotopic (exact) mass is 299 g/mol. The Balaban J connectivity index is 2.56. The van der Waals surface area contributed by atoms with Gasteiger partial charge in [0.2, 0.25) is 0 Å². The second-order valence-electron chi connectivity index (χ2n) is 5.11. The molecule has 0 N–H and O–H groups in total. The third kappa shape index (κ3) is 3.11. The molecule has 6 nitrogen and oxygen atoms in total. The van der Waals surface area contributed by atoms with E-state index in [0.717, 1.165) is 10.2 Å². The third-order valence-electron chi connectivity index (χ3n) is 3.20. The van der Waals surface area contributed by atoms with Gasteiger partial charge in [-0.1, -0.05) is 30.3 Å². The number of ketones is 1. The topological polar surface area (TPSA) is 72.3 Å². The molecule has 22 heavy (non-hydrogen) atoms. The average molecular weight is 299 g/mol. The van der Waals surface area contributed by atoms with Crippen molar-refractivity contribution >= 4 is 11.7 Å². The largest absolute Gasteiger partial charge is 0.347 e. The van der Waals surface area contributed by atoms with Gasteiger partial charge in [0, 0.05) is 25.7 Å². The molecule has 0 aliphatic rings. The van der Waals surface area contributed by atoms with E-state index in [2.05, 4.69) is 5.10 Å². The van der Waals surface area contributed by atoms with Crippen LogP contribution in [-0.4, -0.2) is 40.5 Å². The number of amides is 1. The number of nitrogens with zero attached hydrogens (tertiary/aromatic N) is 3. The van der Waals surface area contributed by atoms with E-state index in [9.17, 15) is 14.4 Å². The van der Waals surface area contributed by atoms with Crippen molar-refractivity contribution in [3.05, 3.63) is 52.8 Å². The third-order valence-corrected chi connectivity index (χ3v) is 3.20. The smallest absolute Gasteiger partial charge is 0.267 e. The fraction of sp³-hybridized carbons (Fsp3) is 0.250. The molecule has 0 fully saturated rings. The van der Waals surface area contributed by atoms with E-state index in [1.807, 2.05) is 30.3 Å². The number of carbonyl (C=O) groups excluding carboxylic acids is 2. The maximum absolute atomic E-state index is 12.2. The molecule has 0 radical (unpaired) electrons. The molecule has 0 saturated carbocycles. The Morgan fingerprint density at radius 1 is 1.09 bits per heavy atom. The summed E-state index contributed by atoms with van der Waals surface area (Å²) < 4.78 is 0.951. The molecule has 1 amide bonds. The second kappa shape index (κ2) is 6.34. The highest BCUT2D eigenvalue weighted by Gasteiger charge is 2.29. The SMILES string of the molecule is CC(=O)C(C(=O)N(C)C)n1nc(-c2ccccc2)ccc1=O. The standard InChI is InChI=1S/C16H17N3O3/c1-11(20)15(16(22)18(2)3)19-14(21)10-9-13(17-19)12-7-5-4-6-8-12/h4-10,15H,1-3H3. The van der Waals surface area contributed by atoms with Crippen molar-refractivity contribution in [1.82, 2.24) is 14.7 Å². The zero-order chi connectivity index (χ0) is 16.3. The lowest BCUT2D eigenvalue weighted by atomic mass is 10.1. The fourth-order valence-corrected chi connectivity index (χ4v) is 2.07. The first-order valence-electron chi connectivity index (χ1n) is 6.78. The van der Waals surface area contributed by atoms with E-state index in [1.54, 1.807) is 6.07 Å². The molecular weight excluding hydrogens is 282 g/mol. The summed E-state index contributed by atoms with van der Waals surface area (Å²) in [5, 5.41) is 4.20. The fourth-order valence-electron chi connectivity index (χ4n) is 2.07. The number of benzene rings is 1. The van der Waals surface area contributed by atoms with Gasteiger partial charge in [0.15, 0.2) is 11.8 Å². The van der Waals surface area contributed by atoms with E-state index >= 15 is 0 Å². The van der Waals surface area contributed by atoms with Gasteiger partial charge in [-0.25, -0.2) is 4.68 Å². The lowest BCUT2D eigenvalue weighted by Gasteiger charge is -2.19. The van der Waals surface area contributed by atoms with Gasteiger partial charge in [-0.05, 0) is 13.0 Å². The molecule has 1 unspecified atom stereocenters. The van der Waals surface area contributed by atoms with Crippen molar-refractivity contribution in [3.63, 3.8) is 0 Å². The molecule has 1 aromatic carbocycles. The van der Waals surface area contributed by atoms with Gasteiger partial charge in [0.05, 0.1) is 5.69 Å². The zero-order valence-corrected chi connectivity index (χ0v) is 12.7. The molecule has 1 atom stereocenters. The summed E-state index contributed by atoms with van der Waals surface area (Å²) in [5.74, 6) is -0.911. The van der Waals surface area contributed by atoms with Crippen LogP contribution in [0.25, 0.3) is 11.3 Å². The molecule has 0 spiro atoms. The maximum atomic E-state index is 12.2. The number of Topliss-reactive ketones (excluding diaryl/α,β-unsaturated/α-hetero) is 1. The Morgan fingerprint density at radius 2 is 1.73 bits per heavy atom. The van der Waals surface area contributed by atoms with E-state index in [0.29, 0.717) is 5.69 Å². The number of hydrogen-bond donors (Lipinski definition) is 0. The van der Waals surface area contributed by atoms with Crippen LogP contribution < -0.4 is 5.56 Å². The molecule has 1 aromatic heterocycles. The van der Waals surface area contributed by atoms with Crippen LogP contribution in [0.1, 0.15) is 13.0 Å². The van der Waals surface area contributed by atoms with Crippen molar-refractivity contribution in [2.75, 3.05) is 14.1 Å². The molecular formula is C16H17N3O3.